The molecule has 2 aliphatic heterocycles. The zero-order valence-corrected chi connectivity index (χ0v) is 14.9. The third-order valence-electron chi connectivity index (χ3n) is 4.59. The number of hydrogen-bond acceptors (Lipinski definition) is 5. The second-order valence-electron chi connectivity index (χ2n) is 5.99. The van der Waals surface area contributed by atoms with Crippen molar-refractivity contribution in [2.45, 2.75) is 18.7 Å². The molecule has 1 amide bonds. The van der Waals surface area contributed by atoms with Crippen LogP contribution >= 0.6 is 0 Å². The molecule has 1 aromatic carbocycles. The van der Waals surface area contributed by atoms with Crippen LogP contribution in [0, 0.1) is 0 Å². The number of hydrogen-bond donors (Lipinski definition) is 0. The molecule has 0 atom stereocenters. The smallest absolute Gasteiger partial charge is 0.243 e. The predicted molar refractivity (Wildman–Crippen MR) is 90.8 cm³/mol. The first-order chi connectivity index (χ1) is 11.4. The zero-order valence-electron chi connectivity index (χ0n) is 14.1. The number of nitrogens with zero attached hydrogens (tertiary/aromatic N) is 3. The molecule has 0 bridgehead atoms. The number of amides is 1. The van der Waals surface area contributed by atoms with Gasteiger partial charge in [0.2, 0.25) is 15.9 Å². The molecule has 0 radical (unpaired) electrons. The summed E-state index contributed by atoms with van der Waals surface area (Å²) >= 11 is 0. The first-order valence-electron chi connectivity index (χ1n) is 8.21. The van der Waals surface area contributed by atoms with Crippen molar-refractivity contribution in [2.75, 3.05) is 50.8 Å². The monoisotopic (exact) mass is 353 g/mol. The molecule has 0 aliphatic carbocycles. The molecule has 1 saturated heterocycles. The molecule has 0 aromatic heterocycles. The molecule has 0 N–H and O–H groups in total. The first kappa shape index (κ1) is 17.2. The lowest BCUT2D eigenvalue weighted by Crippen LogP contribution is -2.48. The molecule has 0 saturated carbocycles. The number of fused-ring (bicyclic) bond motifs is 1. The Morgan fingerprint density at radius 3 is 2.50 bits per heavy atom. The van der Waals surface area contributed by atoms with Crippen LogP contribution in [0.4, 0.5) is 5.69 Å². The Bertz CT molecular complexity index is 727. The molecule has 3 rings (SSSR count). The zero-order chi connectivity index (χ0) is 17.3. The standard InChI is InChI=1S/C16H23N3O4S/c1-3-17-6-8-18(9-7-17)24(21,22)14-4-5-16-15(12-14)19(13(2)20)10-11-23-16/h4-5,12H,3,6-11H2,1-2H3. The molecule has 1 fully saturated rings. The minimum Gasteiger partial charge on any atom is -0.490 e. The van der Waals surface area contributed by atoms with Gasteiger partial charge < -0.3 is 14.5 Å². The van der Waals surface area contributed by atoms with E-state index in [0.717, 1.165) is 19.6 Å². The third-order valence-corrected chi connectivity index (χ3v) is 6.48. The molecule has 132 valence electrons. The fraction of sp³-hybridized carbons (Fsp3) is 0.562. The Hall–Kier alpha value is -1.64. The summed E-state index contributed by atoms with van der Waals surface area (Å²) in [5, 5.41) is 0. The van der Waals surface area contributed by atoms with Crippen molar-refractivity contribution in [1.29, 1.82) is 0 Å². The van der Waals surface area contributed by atoms with E-state index in [1.165, 1.54) is 11.2 Å². The maximum Gasteiger partial charge on any atom is 0.243 e. The highest BCUT2D eigenvalue weighted by atomic mass is 32.2. The second kappa shape index (κ2) is 6.70. The number of sulfonamides is 1. The number of carbonyl (C=O) groups is 1. The SMILES string of the molecule is CCN1CCN(S(=O)(=O)c2ccc3c(c2)N(C(C)=O)CCO3)CC1. The molecule has 1 aromatic rings. The number of ether oxygens (including phenoxy) is 1. The highest BCUT2D eigenvalue weighted by molar-refractivity contribution is 7.89. The van der Waals surface area contributed by atoms with Gasteiger partial charge in [0.15, 0.2) is 0 Å². The van der Waals surface area contributed by atoms with Gasteiger partial charge in [0, 0.05) is 33.1 Å². The van der Waals surface area contributed by atoms with Crippen molar-refractivity contribution < 1.29 is 17.9 Å². The van der Waals surface area contributed by atoms with Crippen LogP contribution < -0.4 is 9.64 Å². The highest BCUT2D eigenvalue weighted by Crippen LogP contribution is 2.34. The van der Waals surface area contributed by atoms with Gasteiger partial charge in [0.1, 0.15) is 12.4 Å². The fourth-order valence-electron chi connectivity index (χ4n) is 3.12. The Balaban J connectivity index is 1.89. The average molecular weight is 353 g/mol. The van der Waals surface area contributed by atoms with Crippen LogP contribution in [0.25, 0.3) is 0 Å². The van der Waals surface area contributed by atoms with Crippen LogP contribution in [0.2, 0.25) is 0 Å². The summed E-state index contributed by atoms with van der Waals surface area (Å²) in [4.78, 5) is 15.8. The molecule has 8 heteroatoms. The lowest BCUT2D eigenvalue weighted by atomic mass is 10.2. The predicted octanol–water partition coefficient (Wildman–Crippen LogP) is 0.758. The molecular formula is C16H23N3O4S. The lowest BCUT2D eigenvalue weighted by Gasteiger charge is -2.34. The van der Waals surface area contributed by atoms with E-state index in [0.29, 0.717) is 37.7 Å². The van der Waals surface area contributed by atoms with Crippen molar-refractivity contribution in [2.24, 2.45) is 0 Å². The molecule has 0 spiro atoms. The fourth-order valence-corrected chi connectivity index (χ4v) is 4.56. The van der Waals surface area contributed by atoms with Crippen LogP contribution in [0.3, 0.4) is 0 Å². The van der Waals surface area contributed by atoms with Gasteiger partial charge in [-0.05, 0) is 24.7 Å². The van der Waals surface area contributed by atoms with Crippen LogP contribution in [0.1, 0.15) is 13.8 Å². The van der Waals surface area contributed by atoms with Gasteiger partial charge in [0.25, 0.3) is 0 Å². The summed E-state index contributed by atoms with van der Waals surface area (Å²) in [7, 11) is -3.56. The molecule has 2 heterocycles. The van der Waals surface area contributed by atoms with E-state index in [1.54, 1.807) is 23.1 Å². The number of benzene rings is 1. The van der Waals surface area contributed by atoms with Crippen LogP contribution in [0.15, 0.2) is 23.1 Å². The summed E-state index contributed by atoms with van der Waals surface area (Å²) in [6, 6.07) is 4.75. The quantitative estimate of drug-likeness (QED) is 0.802. The van der Waals surface area contributed by atoms with Gasteiger partial charge >= 0.3 is 0 Å². The van der Waals surface area contributed by atoms with Crippen molar-refractivity contribution >= 4 is 21.6 Å². The van der Waals surface area contributed by atoms with E-state index < -0.39 is 10.0 Å². The Kier molecular flexibility index (Phi) is 4.80. The third kappa shape index (κ3) is 3.13. The van der Waals surface area contributed by atoms with Gasteiger partial charge in [-0.3, -0.25) is 4.79 Å². The largest absolute Gasteiger partial charge is 0.490 e. The van der Waals surface area contributed by atoms with E-state index in [-0.39, 0.29) is 10.8 Å². The highest BCUT2D eigenvalue weighted by Gasteiger charge is 2.30. The summed E-state index contributed by atoms with van der Waals surface area (Å²) in [5.41, 5.74) is 0.530. The summed E-state index contributed by atoms with van der Waals surface area (Å²) in [6.45, 7) is 7.77. The maximum atomic E-state index is 12.9. The Labute approximate surface area is 142 Å². The number of piperazine rings is 1. The van der Waals surface area contributed by atoms with E-state index in [2.05, 4.69) is 11.8 Å². The van der Waals surface area contributed by atoms with E-state index >= 15 is 0 Å². The van der Waals surface area contributed by atoms with E-state index in [9.17, 15) is 13.2 Å². The molecular weight excluding hydrogens is 330 g/mol. The minimum absolute atomic E-state index is 0.120. The van der Waals surface area contributed by atoms with Crippen molar-refractivity contribution in [3.05, 3.63) is 18.2 Å². The van der Waals surface area contributed by atoms with Crippen LogP contribution in [-0.2, 0) is 14.8 Å². The topological polar surface area (TPSA) is 70.2 Å². The van der Waals surface area contributed by atoms with Crippen molar-refractivity contribution in [3.8, 4) is 5.75 Å². The summed E-state index contributed by atoms with van der Waals surface area (Å²) in [6.07, 6.45) is 0. The van der Waals surface area contributed by atoms with Crippen LogP contribution in [-0.4, -0.2) is 69.4 Å². The number of carbonyl (C=O) groups excluding carboxylic acids is 1. The first-order valence-corrected chi connectivity index (χ1v) is 9.65. The van der Waals surface area contributed by atoms with E-state index in [1.807, 2.05) is 0 Å². The van der Waals surface area contributed by atoms with Gasteiger partial charge in [-0.1, -0.05) is 6.92 Å². The van der Waals surface area contributed by atoms with Gasteiger partial charge in [0.05, 0.1) is 17.1 Å². The molecule has 2 aliphatic rings. The number of likely N-dealkylation sites (N-methyl/N-ethyl adjacent to an activating group) is 1. The van der Waals surface area contributed by atoms with Crippen molar-refractivity contribution in [1.82, 2.24) is 9.21 Å². The normalized spacial score (nSPS) is 19.7. The molecule has 24 heavy (non-hydrogen) atoms. The van der Waals surface area contributed by atoms with E-state index in [4.69, 9.17) is 4.74 Å². The lowest BCUT2D eigenvalue weighted by molar-refractivity contribution is -0.116. The molecule has 7 nitrogen and oxygen atoms in total. The van der Waals surface area contributed by atoms with Gasteiger partial charge in [-0.15, -0.1) is 0 Å². The number of rotatable bonds is 3. The Morgan fingerprint density at radius 1 is 1.17 bits per heavy atom. The summed E-state index contributed by atoms with van der Waals surface area (Å²) in [5.74, 6) is 0.428. The van der Waals surface area contributed by atoms with Crippen LogP contribution in [0.5, 0.6) is 5.75 Å². The van der Waals surface area contributed by atoms with Gasteiger partial charge in [-0.25, -0.2) is 8.42 Å². The summed E-state index contributed by atoms with van der Waals surface area (Å²) < 4.78 is 32.9. The average Bonchev–Trinajstić information content (AvgIpc) is 2.60. The minimum atomic E-state index is -3.56. The maximum absolute atomic E-state index is 12.9. The molecule has 0 unspecified atom stereocenters. The second-order valence-corrected chi connectivity index (χ2v) is 7.92. The van der Waals surface area contributed by atoms with Crippen molar-refractivity contribution in [3.63, 3.8) is 0 Å². The Morgan fingerprint density at radius 2 is 1.88 bits per heavy atom. The number of anilines is 1. The van der Waals surface area contributed by atoms with Gasteiger partial charge in [-0.2, -0.15) is 4.31 Å².